The number of primary amides is 1. The third-order valence-electron chi connectivity index (χ3n) is 4.30. The first-order valence-corrected chi connectivity index (χ1v) is 9.20. The lowest BCUT2D eigenvalue weighted by Crippen LogP contribution is -2.39. The average Bonchev–Trinajstić information content (AvgIpc) is 2.58. The van der Waals surface area contributed by atoms with Gasteiger partial charge >= 0.3 is 0 Å². The normalized spacial score (nSPS) is 16.3. The second-order valence-electron chi connectivity index (χ2n) is 6.26. The number of aliphatic imine (C=N–C) groups is 1. The van der Waals surface area contributed by atoms with Crippen LogP contribution < -0.4 is 16.4 Å². The van der Waals surface area contributed by atoms with Gasteiger partial charge < -0.3 is 26.0 Å². The van der Waals surface area contributed by atoms with Crippen molar-refractivity contribution >= 4 is 35.8 Å². The minimum absolute atomic E-state index is 0. The van der Waals surface area contributed by atoms with Crippen molar-refractivity contribution in [3.05, 3.63) is 0 Å². The van der Waals surface area contributed by atoms with Crippen molar-refractivity contribution in [2.75, 3.05) is 53.0 Å². The van der Waals surface area contributed by atoms with Crippen molar-refractivity contribution in [3.63, 3.8) is 0 Å². The van der Waals surface area contributed by atoms with Crippen LogP contribution in [0.4, 0.5) is 0 Å². The number of guanidine groups is 1. The minimum Gasteiger partial charge on any atom is -0.385 e. The zero-order valence-electron chi connectivity index (χ0n) is 15.8. The summed E-state index contributed by atoms with van der Waals surface area (Å²) in [6, 6.07) is 0. The monoisotopic (exact) mass is 469 g/mol. The minimum atomic E-state index is -0.139. The molecule has 25 heavy (non-hydrogen) atoms. The Bertz CT molecular complexity index is 374. The number of carbonyl (C=O) groups is 1. The molecule has 148 valence electrons. The van der Waals surface area contributed by atoms with E-state index in [2.05, 4.69) is 27.4 Å². The van der Waals surface area contributed by atoms with Crippen LogP contribution in [0.5, 0.6) is 0 Å². The van der Waals surface area contributed by atoms with Crippen molar-refractivity contribution in [1.82, 2.24) is 15.5 Å². The smallest absolute Gasteiger partial charge is 0.220 e. The van der Waals surface area contributed by atoms with E-state index in [1.165, 1.54) is 0 Å². The van der Waals surface area contributed by atoms with Crippen LogP contribution in [0.25, 0.3) is 0 Å². The molecule has 1 aliphatic rings. The highest BCUT2D eigenvalue weighted by Gasteiger charge is 2.22. The standard InChI is InChI=1S/C17H35N5O2.HI/c1-3-19-17(21-10-6-14-24-2)20-9-4-5-11-22-12-7-15(8-13-22)16(18)23;/h15H,3-14H2,1-2H3,(H2,18,23)(H2,19,20,21);1H. The van der Waals surface area contributed by atoms with Gasteiger partial charge in [-0.1, -0.05) is 0 Å². The summed E-state index contributed by atoms with van der Waals surface area (Å²) in [7, 11) is 1.71. The highest BCUT2D eigenvalue weighted by atomic mass is 127. The third-order valence-corrected chi connectivity index (χ3v) is 4.30. The number of nitrogens with zero attached hydrogens (tertiary/aromatic N) is 2. The molecule has 1 fully saturated rings. The van der Waals surface area contributed by atoms with Gasteiger partial charge in [-0.25, -0.2) is 0 Å². The molecular weight excluding hydrogens is 433 g/mol. The number of amides is 1. The van der Waals surface area contributed by atoms with Crippen LogP contribution in [0.15, 0.2) is 4.99 Å². The van der Waals surface area contributed by atoms with Gasteiger partial charge in [0.25, 0.3) is 0 Å². The Hall–Kier alpha value is -0.610. The molecule has 0 bridgehead atoms. The Morgan fingerprint density at radius 1 is 1.24 bits per heavy atom. The highest BCUT2D eigenvalue weighted by molar-refractivity contribution is 14.0. The predicted molar refractivity (Wildman–Crippen MR) is 113 cm³/mol. The van der Waals surface area contributed by atoms with Gasteiger partial charge in [-0.15, -0.1) is 24.0 Å². The van der Waals surface area contributed by atoms with Crippen molar-refractivity contribution in [2.45, 2.75) is 39.0 Å². The third kappa shape index (κ3) is 11.6. The topological polar surface area (TPSA) is 92.0 Å². The fourth-order valence-corrected chi connectivity index (χ4v) is 2.85. The number of piperidine rings is 1. The number of methoxy groups -OCH3 is 1. The van der Waals surface area contributed by atoms with E-state index in [-0.39, 0.29) is 35.8 Å². The Morgan fingerprint density at radius 2 is 1.96 bits per heavy atom. The summed E-state index contributed by atoms with van der Waals surface area (Å²) < 4.78 is 5.03. The SMILES string of the molecule is CCNC(=NCCCOC)NCCCCN1CCC(C(N)=O)CC1.I. The molecule has 0 spiro atoms. The van der Waals surface area contributed by atoms with Crippen LogP contribution in [-0.2, 0) is 9.53 Å². The Morgan fingerprint density at radius 3 is 2.56 bits per heavy atom. The molecule has 1 rings (SSSR count). The van der Waals surface area contributed by atoms with Gasteiger partial charge in [0.2, 0.25) is 5.91 Å². The van der Waals surface area contributed by atoms with Gasteiger partial charge in [0, 0.05) is 39.3 Å². The summed E-state index contributed by atoms with van der Waals surface area (Å²) in [5, 5.41) is 6.63. The molecule has 1 heterocycles. The van der Waals surface area contributed by atoms with E-state index < -0.39 is 0 Å². The average molecular weight is 469 g/mol. The molecule has 0 unspecified atom stereocenters. The van der Waals surface area contributed by atoms with Gasteiger partial charge in [-0.2, -0.15) is 0 Å². The van der Waals surface area contributed by atoms with Gasteiger partial charge in [-0.3, -0.25) is 9.79 Å². The number of hydrogen-bond donors (Lipinski definition) is 3. The van der Waals surface area contributed by atoms with Crippen molar-refractivity contribution in [2.24, 2.45) is 16.6 Å². The van der Waals surface area contributed by atoms with E-state index in [4.69, 9.17) is 10.5 Å². The molecule has 0 aromatic rings. The maximum atomic E-state index is 11.2. The number of ether oxygens (including phenoxy) is 1. The number of halogens is 1. The summed E-state index contributed by atoms with van der Waals surface area (Å²) in [6.45, 7) is 8.46. The quantitative estimate of drug-likeness (QED) is 0.183. The number of nitrogens with two attached hydrogens (primary N) is 1. The largest absolute Gasteiger partial charge is 0.385 e. The zero-order chi connectivity index (χ0) is 17.6. The Balaban J connectivity index is 0.00000576. The molecular formula is C17H36IN5O2. The van der Waals surface area contributed by atoms with Crippen LogP contribution in [0.3, 0.4) is 0 Å². The number of hydrogen-bond acceptors (Lipinski definition) is 4. The van der Waals surface area contributed by atoms with Crippen LogP contribution in [0.2, 0.25) is 0 Å². The molecule has 0 aromatic heterocycles. The number of rotatable bonds is 11. The molecule has 4 N–H and O–H groups in total. The second kappa shape index (κ2) is 15.6. The first-order chi connectivity index (χ1) is 11.7. The van der Waals surface area contributed by atoms with Gasteiger partial charge in [0.05, 0.1) is 0 Å². The number of nitrogens with one attached hydrogen (secondary N) is 2. The molecule has 0 aliphatic carbocycles. The van der Waals surface area contributed by atoms with Gasteiger partial charge in [-0.05, 0) is 58.7 Å². The number of unbranched alkanes of at least 4 members (excludes halogenated alkanes) is 1. The molecule has 0 aromatic carbocycles. The van der Waals surface area contributed by atoms with Gasteiger partial charge in [0.15, 0.2) is 5.96 Å². The summed E-state index contributed by atoms with van der Waals surface area (Å²) >= 11 is 0. The lowest BCUT2D eigenvalue weighted by atomic mass is 9.96. The van der Waals surface area contributed by atoms with E-state index in [1.807, 2.05) is 0 Å². The first-order valence-electron chi connectivity index (χ1n) is 9.20. The Kier molecular flexibility index (Phi) is 15.2. The van der Waals surface area contributed by atoms with E-state index in [1.54, 1.807) is 7.11 Å². The molecule has 0 atom stereocenters. The number of carbonyl (C=O) groups excluding carboxylic acids is 1. The zero-order valence-corrected chi connectivity index (χ0v) is 18.1. The van der Waals surface area contributed by atoms with Crippen molar-refractivity contribution < 1.29 is 9.53 Å². The van der Waals surface area contributed by atoms with Crippen molar-refractivity contribution in [1.29, 1.82) is 0 Å². The van der Waals surface area contributed by atoms with Crippen molar-refractivity contribution in [3.8, 4) is 0 Å². The Labute approximate surface area is 169 Å². The predicted octanol–water partition coefficient (Wildman–Crippen LogP) is 1.17. The molecule has 7 nitrogen and oxygen atoms in total. The maximum Gasteiger partial charge on any atom is 0.220 e. The fraction of sp³-hybridized carbons (Fsp3) is 0.882. The van der Waals surface area contributed by atoms with E-state index in [9.17, 15) is 4.79 Å². The highest BCUT2D eigenvalue weighted by Crippen LogP contribution is 2.16. The lowest BCUT2D eigenvalue weighted by molar-refractivity contribution is -0.123. The van der Waals surface area contributed by atoms with Crippen LogP contribution >= 0.6 is 24.0 Å². The molecule has 0 radical (unpaired) electrons. The van der Waals surface area contributed by atoms with Crippen LogP contribution in [-0.4, -0.2) is 69.8 Å². The maximum absolute atomic E-state index is 11.2. The summed E-state index contributed by atoms with van der Waals surface area (Å²) in [4.78, 5) is 18.1. The summed E-state index contributed by atoms with van der Waals surface area (Å²) in [5.41, 5.74) is 5.37. The molecule has 1 aliphatic heterocycles. The summed E-state index contributed by atoms with van der Waals surface area (Å²) in [5.74, 6) is 0.829. The van der Waals surface area contributed by atoms with E-state index in [0.717, 1.165) is 83.9 Å². The molecule has 8 heteroatoms. The van der Waals surface area contributed by atoms with E-state index in [0.29, 0.717) is 0 Å². The molecule has 1 saturated heterocycles. The summed E-state index contributed by atoms with van der Waals surface area (Å²) in [6.07, 6.45) is 5.02. The first kappa shape index (κ1) is 24.4. The van der Waals surface area contributed by atoms with Crippen LogP contribution in [0.1, 0.15) is 39.0 Å². The lowest BCUT2D eigenvalue weighted by Gasteiger charge is -2.30. The number of likely N-dealkylation sites (tertiary alicyclic amines) is 1. The second-order valence-corrected chi connectivity index (χ2v) is 6.26. The van der Waals surface area contributed by atoms with Crippen LogP contribution in [0, 0.1) is 5.92 Å². The molecule has 0 saturated carbocycles. The fourth-order valence-electron chi connectivity index (χ4n) is 2.85. The van der Waals surface area contributed by atoms with Gasteiger partial charge in [0.1, 0.15) is 0 Å². The van der Waals surface area contributed by atoms with E-state index >= 15 is 0 Å². The molecule has 1 amide bonds.